The van der Waals surface area contributed by atoms with Crippen molar-refractivity contribution in [2.45, 2.75) is 32.2 Å². The number of hydrogen-bond donors (Lipinski definition) is 1. The first-order valence-electron chi connectivity index (χ1n) is 9.42. The van der Waals surface area contributed by atoms with E-state index in [4.69, 9.17) is 4.74 Å². The summed E-state index contributed by atoms with van der Waals surface area (Å²) in [5.41, 5.74) is 2.96. The lowest BCUT2D eigenvalue weighted by molar-refractivity contribution is -0.133. The van der Waals surface area contributed by atoms with Gasteiger partial charge in [0.1, 0.15) is 5.75 Å². The average Bonchev–Trinajstić information content (AvgIpc) is 3.13. The van der Waals surface area contributed by atoms with Crippen molar-refractivity contribution in [3.63, 3.8) is 0 Å². The highest BCUT2D eigenvalue weighted by Gasteiger charge is 2.32. The molecule has 3 rings (SSSR count). The number of nitrogens with zero attached hydrogens (tertiary/aromatic N) is 2. The minimum Gasteiger partial charge on any atom is -0.497 e. The first-order chi connectivity index (χ1) is 13.8. The Morgan fingerprint density at radius 1 is 1.24 bits per heavy atom. The number of carbonyl (C=O) groups is 1. The van der Waals surface area contributed by atoms with Gasteiger partial charge in [-0.2, -0.15) is 5.10 Å². The Morgan fingerprint density at radius 2 is 1.97 bits per heavy atom. The predicted molar refractivity (Wildman–Crippen MR) is 114 cm³/mol. The second-order valence-electron chi connectivity index (χ2n) is 6.98. The molecule has 1 N–H and O–H groups in total. The molecular formula is C21H25N3O4S. The van der Waals surface area contributed by atoms with Gasteiger partial charge in [-0.25, -0.2) is 13.4 Å². The third-order valence-electron chi connectivity index (χ3n) is 4.63. The van der Waals surface area contributed by atoms with Crippen LogP contribution in [-0.2, 0) is 14.8 Å². The Balaban J connectivity index is 1.92. The molecule has 7 nitrogen and oxygen atoms in total. The van der Waals surface area contributed by atoms with Crippen LogP contribution in [0.15, 0.2) is 53.6 Å². The summed E-state index contributed by atoms with van der Waals surface area (Å²) >= 11 is 0. The molecule has 0 unspecified atom stereocenters. The molecule has 154 valence electrons. The lowest BCUT2D eigenvalue weighted by Gasteiger charge is -2.22. The summed E-state index contributed by atoms with van der Waals surface area (Å²) in [7, 11) is -1.76. The Labute approximate surface area is 171 Å². The maximum Gasteiger partial charge on any atom is 0.243 e. The molecule has 2 aromatic rings. The number of sulfonamides is 1. The predicted octanol–water partition coefficient (Wildman–Crippen LogP) is 3.54. The minimum absolute atomic E-state index is 0.0336. The van der Waals surface area contributed by atoms with Crippen LogP contribution in [0.5, 0.6) is 5.75 Å². The lowest BCUT2D eigenvalue weighted by atomic mass is 9.98. The van der Waals surface area contributed by atoms with Crippen molar-refractivity contribution in [1.29, 1.82) is 0 Å². The molecule has 29 heavy (non-hydrogen) atoms. The number of nitrogens with one attached hydrogen (secondary N) is 1. The number of benzene rings is 2. The molecule has 0 aliphatic carbocycles. The second-order valence-corrected chi connectivity index (χ2v) is 8.73. The third kappa shape index (κ3) is 5.14. The Hall–Kier alpha value is -2.87. The quantitative estimate of drug-likeness (QED) is 0.749. The van der Waals surface area contributed by atoms with E-state index >= 15 is 0 Å². The van der Waals surface area contributed by atoms with Crippen molar-refractivity contribution < 1.29 is 17.9 Å². The Morgan fingerprint density at radius 3 is 2.59 bits per heavy atom. The van der Waals surface area contributed by atoms with Gasteiger partial charge < -0.3 is 4.74 Å². The molecule has 0 aromatic heterocycles. The second kappa shape index (κ2) is 8.65. The standard InChI is InChI=1S/C21H25N3O4S/c1-4-6-21(25)24-20(15-9-11-18(28-2)12-10-15)14-19(22-24)16-7-5-8-17(13-16)23-29(3,26)27/h5,7-13,20,23H,4,6,14H2,1-3H3/t20-/m1/s1. The SMILES string of the molecule is CCCC(=O)N1N=C(c2cccc(NS(C)(=O)=O)c2)C[C@@H]1c1ccc(OC)cc1. The number of rotatable bonds is 7. The lowest BCUT2D eigenvalue weighted by Crippen LogP contribution is -2.26. The van der Waals surface area contributed by atoms with Crippen molar-refractivity contribution in [3.8, 4) is 5.75 Å². The zero-order chi connectivity index (χ0) is 21.0. The zero-order valence-corrected chi connectivity index (χ0v) is 17.6. The van der Waals surface area contributed by atoms with Gasteiger partial charge in [0.2, 0.25) is 15.9 Å². The molecule has 0 spiro atoms. The van der Waals surface area contributed by atoms with Crippen molar-refractivity contribution in [1.82, 2.24) is 5.01 Å². The fraction of sp³-hybridized carbons (Fsp3) is 0.333. The van der Waals surface area contributed by atoms with Gasteiger partial charge in [-0.15, -0.1) is 0 Å². The molecule has 1 aliphatic heterocycles. The van der Waals surface area contributed by atoms with Crippen LogP contribution < -0.4 is 9.46 Å². The topological polar surface area (TPSA) is 88.1 Å². The van der Waals surface area contributed by atoms with Gasteiger partial charge in [-0.3, -0.25) is 9.52 Å². The van der Waals surface area contributed by atoms with E-state index in [9.17, 15) is 13.2 Å². The summed E-state index contributed by atoms with van der Waals surface area (Å²) in [6.07, 6.45) is 2.81. The summed E-state index contributed by atoms with van der Waals surface area (Å²) in [6, 6.07) is 14.5. The van der Waals surface area contributed by atoms with E-state index in [1.165, 1.54) is 0 Å². The Kier molecular flexibility index (Phi) is 6.22. The summed E-state index contributed by atoms with van der Waals surface area (Å²) in [4.78, 5) is 12.7. The van der Waals surface area contributed by atoms with Crippen molar-refractivity contribution in [2.24, 2.45) is 5.10 Å². The number of amides is 1. The number of methoxy groups -OCH3 is 1. The number of anilines is 1. The number of ether oxygens (including phenoxy) is 1. The molecular weight excluding hydrogens is 390 g/mol. The molecule has 1 heterocycles. The number of hydrazone groups is 1. The summed E-state index contributed by atoms with van der Waals surface area (Å²) in [5, 5.41) is 6.16. The summed E-state index contributed by atoms with van der Waals surface area (Å²) < 4.78 is 30.8. The molecule has 0 bridgehead atoms. The monoisotopic (exact) mass is 415 g/mol. The molecule has 1 aliphatic rings. The zero-order valence-electron chi connectivity index (χ0n) is 16.8. The molecule has 0 radical (unpaired) electrons. The van der Waals surface area contributed by atoms with Gasteiger partial charge in [0, 0.05) is 18.5 Å². The maximum absolute atomic E-state index is 12.7. The van der Waals surface area contributed by atoms with Gasteiger partial charge in [0.15, 0.2) is 0 Å². The molecule has 0 saturated carbocycles. The highest BCUT2D eigenvalue weighted by atomic mass is 32.2. The van der Waals surface area contributed by atoms with Gasteiger partial charge >= 0.3 is 0 Å². The Bertz CT molecular complexity index is 1020. The molecule has 0 fully saturated rings. The minimum atomic E-state index is -3.38. The largest absolute Gasteiger partial charge is 0.497 e. The smallest absolute Gasteiger partial charge is 0.243 e. The fourth-order valence-corrected chi connectivity index (χ4v) is 3.86. The molecule has 1 amide bonds. The van der Waals surface area contributed by atoms with Crippen molar-refractivity contribution in [3.05, 3.63) is 59.7 Å². The van der Waals surface area contributed by atoms with Crippen LogP contribution in [0.4, 0.5) is 5.69 Å². The number of hydrogen-bond acceptors (Lipinski definition) is 5. The van der Waals surface area contributed by atoms with Crippen molar-refractivity contribution in [2.75, 3.05) is 18.1 Å². The van der Waals surface area contributed by atoms with E-state index < -0.39 is 10.0 Å². The molecule has 2 aromatic carbocycles. The van der Waals surface area contributed by atoms with Crippen LogP contribution in [-0.4, -0.2) is 38.4 Å². The first-order valence-corrected chi connectivity index (χ1v) is 11.3. The van der Waals surface area contributed by atoms with E-state index in [-0.39, 0.29) is 11.9 Å². The van der Waals surface area contributed by atoms with E-state index in [0.29, 0.717) is 18.5 Å². The maximum atomic E-state index is 12.7. The van der Waals surface area contributed by atoms with Gasteiger partial charge in [0.25, 0.3) is 0 Å². The fourth-order valence-electron chi connectivity index (χ4n) is 3.31. The highest BCUT2D eigenvalue weighted by Crippen LogP contribution is 2.34. The molecule has 8 heteroatoms. The van der Waals surface area contributed by atoms with Crippen LogP contribution in [0.25, 0.3) is 0 Å². The van der Waals surface area contributed by atoms with E-state index in [0.717, 1.165) is 35.3 Å². The molecule has 1 atom stereocenters. The van der Waals surface area contributed by atoms with E-state index in [1.807, 2.05) is 37.3 Å². The summed E-state index contributed by atoms with van der Waals surface area (Å²) in [5.74, 6) is 0.715. The summed E-state index contributed by atoms with van der Waals surface area (Å²) in [6.45, 7) is 1.96. The average molecular weight is 416 g/mol. The van der Waals surface area contributed by atoms with Crippen LogP contribution in [0.3, 0.4) is 0 Å². The van der Waals surface area contributed by atoms with Gasteiger partial charge in [-0.1, -0.05) is 31.2 Å². The third-order valence-corrected chi connectivity index (χ3v) is 5.24. The number of carbonyl (C=O) groups excluding carboxylic acids is 1. The molecule has 0 saturated heterocycles. The van der Waals surface area contributed by atoms with Crippen molar-refractivity contribution >= 4 is 27.3 Å². The van der Waals surface area contributed by atoms with Crippen LogP contribution >= 0.6 is 0 Å². The van der Waals surface area contributed by atoms with E-state index in [2.05, 4.69) is 9.82 Å². The van der Waals surface area contributed by atoms with Gasteiger partial charge in [-0.05, 0) is 41.8 Å². The first kappa shape index (κ1) is 20.9. The highest BCUT2D eigenvalue weighted by molar-refractivity contribution is 7.92. The normalized spacial score (nSPS) is 16.4. The van der Waals surface area contributed by atoms with Crippen LogP contribution in [0.2, 0.25) is 0 Å². The van der Waals surface area contributed by atoms with Gasteiger partial charge in [0.05, 0.1) is 25.1 Å². The van der Waals surface area contributed by atoms with Crippen LogP contribution in [0.1, 0.15) is 43.4 Å². The van der Waals surface area contributed by atoms with Crippen LogP contribution in [0, 0.1) is 0 Å². The van der Waals surface area contributed by atoms with E-state index in [1.54, 1.807) is 30.3 Å².